The fourth-order valence-electron chi connectivity index (χ4n) is 3.99. The number of hydrogen-bond acceptors (Lipinski definition) is 4. The van der Waals surface area contributed by atoms with Crippen LogP contribution in [0.1, 0.15) is 49.4 Å². The summed E-state index contributed by atoms with van der Waals surface area (Å²) in [6.45, 7) is 4.43. The lowest BCUT2D eigenvalue weighted by molar-refractivity contribution is -0.123. The zero-order chi connectivity index (χ0) is 19.3. The van der Waals surface area contributed by atoms with Gasteiger partial charge >= 0.3 is 0 Å². The van der Waals surface area contributed by atoms with Gasteiger partial charge in [0.15, 0.2) is 0 Å². The number of rotatable bonds is 6. The number of piperidine rings is 1. The predicted octanol–water partition coefficient (Wildman–Crippen LogP) is 3.18. The van der Waals surface area contributed by atoms with Crippen LogP contribution in [0.2, 0.25) is 0 Å². The van der Waals surface area contributed by atoms with Gasteiger partial charge < -0.3 is 5.32 Å². The highest BCUT2D eigenvalue weighted by atomic mass is 16.2. The Morgan fingerprint density at radius 2 is 2.00 bits per heavy atom. The first kappa shape index (κ1) is 18.6. The summed E-state index contributed by atoms with van der Waals surface area (Å²) in [5.74, 6) is 1.33. The fourth-order valence-corrected chi connectivity index (χ4v) is 3.99. The van der Waals surface area contributed by atoms with Crippen LogP contribution in [0.5, 0.6) is 0 Å². The maximum atomic E-state index is 12.6. The molecule has 1 aromatic carbocycles. The number of aromatic nitrogens is 3. The molecule has 4 rings (SSSR count). The number of fused-ring (bicyclic) bond motifs is 1. The molecule has 1 aliphatic heterocycles. The molecule has 6 heteroatoms. The molecule has 0 radical (unpaired) electrons. The minimum absolute atomic E-state index is 0.0648. The van der Waals surface area contributed by atoms with E-state index in [1.165, 1.54) is 5.56 Å². The maximum absolute atomic E-state index is 12.6. The first-order valence-electron chi connectivity index (χ1n) is 10.1. The van der Waals surface area contributed by atoms with Gasteiger partial charge in [-0.25, -0.2) is 9.97 Å². The Morgan fingerprint density at radius 1 is 1.21 bits per heavy atom. The van der Waals surface area contributed by atoms with E-state index in [1.807, 2.05) is 22.9 Å². The summed E-state index contributed by atoms with van der Waals surface area (Å²) in [7, 11) is 0. The molecular formula is C22H27N5O. The van der Waals surface area contributed by atoms with Gasteiger partial charge in [-0.15, -0.1) is 0 Å². The van der Waals surface area contributed by atoms with Gasteiger partial charge in [-0.3, -0.25) is 14.1 Å². The van der Waals surface area contributed by atoms with E-state index in [9.17, 15) is 4.79 Å². The summed E-state index contributed by atoms with van der Waals surface area (Å²) in [6, 6.07) is 12.5. The largest absolute Gasteiger partial charge is 0.347 e. The molecule has 1 fully saturated rings. The van der Waals surface area contributed by atoms with Crippen LogP contribution < -0.4 is 5.32 Å². The Kier molecular flexibility index (Phi) is 5.67. The summed E-state index contributed by atoms with van der Waals surface area (Å²) in [6.07, 6.45) is 8.60. The van der Waals surface area contributed by atoms with Crippen molar-refractivity contribution in [1.82, 2.24) is 24.6 Å². The first-order valence-corrected chi connectivity index (χ1v) is 10.1. The quantitative estimate of drug-likeness (QED) is 0.717. The van der Waals surface area contributed by atoms with Gasteiger partial charge in [0.2, 0.25) is 11.7 Å². The normalized spacial score (nSPS) is 16.9. The Morgan fingerprint density at radius 3 is 2.71 bits per heavy atom. The molecule has 146 valence electrons. The minimum atomic E-state index is -0.0870. The number of benzene rings is 1. The van der Waals surface area contributed by atoms with Crippen LogP contribution in [-0.2, 0) is 4.79 Å². The molecule has 0 bridgehead atoms. The number of nitrogens with zero attached hydrogens (tertiary/aromatic N) is 4. The number of carbonyl (C=O) groups is 1. The molecule has 1 amide bonds. The van der Waals surface area contributed by atoms with Crippen molar-refractivity contribution in [3.63, 3.8) is 0 Å². The van der Waals surface area contributed by atoms with Gasteiger partial charge in [-0.2, -0.15) is 0 Å². The Balaban J connectivity index is 1.31. The maximum Gasteiger partial charge on any atom is 0.234 e. The Labute approximate surface area is 165 Å². The van der Waals surface area contributed by atoms with Gasteiger partial charge in [0.05, 0.1) is 18.3 Å². The monoisotopic (exact) mass is 377 g/mol. The molecule has 1 saturated heterocycles. The molecule has 0 spiro atoms. The van der Waals surface area contributed by atoms with E-state index < -0.39 is 0 Å². The van der Waals surface area contributed by atoms with E-state index in [0.29, 0.717) is 18.2 Å². The van der Waals surface area contributed by atoms with E-state index in [2.05, 4.69) is 57.4 Å². The summed E-state index contributed by atoms with van der Waals surface area (Å²) < 4.78 is 1.89. The van der Waals surface area contributed by atoms with E-state index in [4.69, 9.17) is 0 Å². The second-order valence-electron chi connectivity index (χ2n) is 7.48. The van der Waals surface area contributed by atoms with Crippen LogP contribution in [0.15, 0.2) is 55.0 Å². The van der Waals surface area contributed by atoms with Crippen molar-refractivity contribution < 1.29 is 4.79 Å². The predicted molar refractivity (Wildman–Crippen MR) is 109 cm³/mol. The topological polar surface area (TPSA) is 62.5 Å². The average Bonchev–Trinajstić information content (AvgIpc) is 3.17. The Hall–Kier alpha value is -2.73. The van der Waals surface area contributed by atoms with Crippen LogP contribution >= 0.6 is 0 Å². The Bertz CT molecular complexity index is 882. The third kappa shape index (κ3) is 4.22. The summed E-state index contributed by atoms with van der Waals surface area (Å²) in [4.78, 5) is 23.7. The van der Waals surface area contributed by atoms with Crippen molar-refractivity contribution in [3.05, 3.63) is 66.2 Å². The molecule has 2 aromatic heterocycles. The molecule has 1 atom stereocenters. The molecule has 3 heterocycles. The van der Waals surface area contributed by atoms with Crippen molar-refractivity contribution in [1.29, 1.82) is 0 Å². The van der Waals surface area contributed by atoms with E-state index in [0.717, 1.165) is 38.0 Å². The molecular weight excluding hydrogens is 350 g/mol. The molecule has 1 aliphatic rings. The van der Waals surface area contributed by atoms with Crippen molar-refractivity contribution >= 4 is 11.7 Å². The van der Waals surface area contributed by atoms with Gasteiger partial charge in [-0.05, 0) is 49.9 Å². The smallest absolute Gasteiger partial charge is 0.234 e. The highest BCUT2D eigenvalue weighted by Gasteiger charge is 2.23. The van der Waals surface area contributed by atoms with Gasteiger partial charge in [0, 0.05) is 18.6 Å². The second kappa shape index (κ2) is 8.52. The van der Waals surface area contributed by atoms with Crippen LogP contribution in [0.4, 0.5) is 0 Å². The zero-order valence-corrected chi connectivity index (χ0v) is 16.3. The number of likely N-dealkylation sites (tertiary alicyclic amines) is 1. The number of imidazole rings is 1. The van der Waals surface area contributed by atoms with Crippen molar-refractivity contribution in [2.75, 3.05) is 19.6 Å². The average molecular weight is 377 g/mol. The number of carbonyl (C=O) groups excluding carboxylic acids is 1. The molecule has 3 aromatic rings. The lowest BCUT2D eigenvalue weighted by Crippen LogP contribution is -2.42. The standard InChI is InChI=1S/C22H27N5O/c1-2-19(20-15-27-12-6-11-23-22(27)25-20)24-21(28)16-26-13-9-18(10-14-26)17-7-4-3-5-8-17/h3-8,11-12,15,18-19H,2,9-10,13-14,16H2,1H3,(H,24,28)/t19-/m0/s1. The summed E-state index contributed by atoms with van der Waals surface area (Å²) in [5, 5.41) is 3.15. The SMILES string of the molecule is CC[C@H](NC(=O)CN1CCC(c2ccccc2)CC1)c1cn2cccnc2n1. The number of amides is 1. The molecule has 0 aliphatic carbocycles. The molecule has 6 nitrogen and oxygen atoms in total. The summed E-state index contributed by atoms with van der Waals surface area (Å²) in [5.41, 5.74) is 2.27. The summed E-state index contributed by atoms with van der Waals surface area (Å²) >= 11 is 0. The van der Waals surface area contributed by atoms with Crippen LogP contribution in [0.25, 0.3) is 5.78 Å². The van der Waals surface area contributed by atoms with Crippen LogP contribution in [0, 0.1) is 0 Å². The highest BCUT2D eigenvalue weighted by Crippen LogP contribution is 2.27. The highest BCUT2D eigenvalue weighted by molar-refractivity contribution is 5.78. The van der Waals surface area contributed by atoms with E-state index in [-0.39, 0.29) is 11.9 Å². The number of nitrogens with one attached hydrogen (secondary N) is 1. The van der Waals surface area contributed by atoms with Crippen molar-refractivity contribution in [2.45, 2.75) is 38.1 Å². The van der Waals surface area contributed by atoms with E-state index >= 15 is 0 Å². The third-order valence-corrected chi connectivity index (χ3v) is 5.58. The van der Waals surface area contributed by atoms with Gasteiger partial charge in [0.25, 0.3) is 0 Å². The number of hydrogen-bond donors (Lipinski definition) is 1. The van der Waals surface area contributed by atoms with Crippen LogP contribution in [0.3, 0.4) is 0 Å². The molecule has 0 unspecified atom stereocenters. The lowest BCUT2D eigenvalue weighted by atomic mass is 9.89. The first-order chi connectivity index (χ1) is 13.7. The second-order valence-corrected chi connectivity index (χ2v) is 7.48. The van der Waals surface area contributed by atoms with Crippen LogP contribution in [-0.4, -0.2) is 44.8 Å². The van der Waals surface area contributed by atoms with Crippen molar-refractivity contribution in [2.24, 2.45) is 0 Å². The third-order valence-electron chi connectivity index (χ3n) is 5.58. The van der Waals surface area contributed by atoms with Gasteiger partial charge in [0.1, 0.15) is 0 Å². The lowest BCUT2D eigenvalue weighted by Gasteiger charge is -2.32. The molecule has 0 saturated carbocycles. The van der Waals surface area contributed by atoms with Gasteiger partial charge in [-0.1, -0.05) is 37.3 Å². The van der Waals surface area contributed by atoms with E-state index in [1.54, 1.807) is 6.20 Å². The molecule has 28 heavy (non-hydrogen) atoms. The zero-order valence-electron chi connectivity index (χ0n) is 16.3. The molecule has 1 N–H and O–H groups in total. The fraction of sp³-hybridized carbons (Fsp3) is 0.409. The van der Waals surface area contributed by atoms with Crippen molar-refractivity contribution in [3.8, 4) is 0 Å². The minimum Gasteiger partial charge on any atom is -0.347 e.